The van der Waals surface area contributed by atoms with Crippen LogP contribution >= 0.6 is 11.8 Å². The average molecular weight is 692 g/mol. The normalized spacial score (nSPS) is 39.4. The smallest absolute Gasteiger partial charge is 0.240 e. The lowest BCUT2D eigenvalue weighted by molar-refractivity contribution is -0.207. The fraction of sp³-hybridized carbons (Fsp3) is 0.676. The Morgan fingerprint density at radius 2 is 2.02 bits per heavy atom. The van der Waals surface area contributed by atoms with Crippen molar-refractivity contribution in [2.24, 2.45) is 23.2 Å². The van der Waals surface area contributed by atoms with Crippen LogP contribution in [0.1, 0.15) is 64.3 Å². The first kappa shape index (κ1) is 35.4. The van der Waals surface area contributed by atoms with Crippen LogP contribution in [-0.4, -0.2) is 97.4 Å². The number of halogens is 2. The highest BCUT2D eigenvalue weighted by molar-refractivity contribution is 8.00. The van der Waals surface area contributed by atoms with Crippen molar-refractivity contribution in [1.82, 2.24) is 25.6 Å². The summed E-state index contributed by atoms with van der Waals surface area (Å²) in [5.41, 5.74) is -0.728. The van der Waals surface area contributed by atoms with Crippen LogP contribution in [0.3, 0.4) is 0 Å². The van der Waals surface area contributed by atoms with Gasteiger partial charge in [-0.1, -0.05) is 45.1 Å². The minimum atomic E-state index is -1.54. The van der Waals surface area contributed by atoms with Crippen molar-refractivity contribution < 1.29 is 38.4 Å². The maximum atomic E-state index is 14.5. The average Bonchev–Trinajstić information content (AvgIpc) is 3.60. The zero-order chi connectivity index (χ0) is 34.3. The van der Waals surface area contributed by atoms with Gasteiger partial charge in [0.2, 0.25) is 5.91 Å². The molecule has 4 aliphatic rings. The highest BCUT2D eigenvalue weighted by Crippen LogP contribution is 2.44. The highest BCUT2D eigenvalue weighted by Gasteiger charge is 2.53. The first-order valence-corrected chi connectivity index (χ1v) is 17.8. The van der Waals surface area contributed by atoms with Crippen LogP contribution in [-0.2, 0) is 14.3 Å². The Labute approximate surface area is 283 Å². The van der Waals surface area contributed by atoms with E-state index < -0.39 is 58.8 Å². The van der Waals surface area contributed by atoms with Crippen LogP contribution in [0.4, 0.5) is 8.78 Å². The molecule has 14 heteroatoms. The van der Waals surface area contributed by atoms with Crippen molar-refractivity contribution in [2.45, 2.75) is 107 Å². The Hall–Kier alpha value is -2.46. The van der Waals surface area contributed by atoms with E-state index in [1.807, 2.05) is 19.1 Å². The second-order valence-corrected chi connectivity index (χ2v) is 15.9. The summed E-state index contributed by atoms with van der Waals surface area (Å²) in [7, 11) is 0. The van der Waals surface area contributed by atoms with Crippen molar-refractivity contribution in [3.63, 3.8) is 0 Å². The summed E-state index contributed by atoms with van der Waals surface area (Å²) in [5.74, 6) is -1.01. The number of benzene rings is 1. The Morgan fingerprint density at radius 3 is 2.77 bits per heavy atom. The van der Waals surface area contributed by atoms with Gasteiger partial charge in [-0.05, 0) is 55.6 Å². The van der Waals surface area contributed by atoms with E-state index in [0.29, 0.717) is 37.1 Å². The van der Waals surface area contributed by atoms with Crippen molar-refractivity contribution in [3.8, 4) is 5.69 Å². The number of hydrogen-bond acceptors (Lipinski definition) is 10. The van der Waals surface area contributed by atoms with Crippen LogP contribution in [0.15, 0.2) is 36.5 Å². The number of nitrogens with zero attached hydrogens (tertiary/aromatic N) is 3. The standard InChI is InChI=1S/C34H47F2N5O6S/c1-17(2)12-19-10-11-46-31-26(37-16-34(31,4)14-19)32(45)38-25-18(3)6-5-7-24(48-33-29(44)27(42)28(43)30(25)47-33)22-15-41(40-39-22)23-9-8-20(35)13-21(23)36/h5-6,8-9,13,15,17-19,24-31,33,37,42-44H,7,10-12,14,16H2,1-4H3,(H,38,45)/b6-5-/t18-,19+,24+,25-,26+,27?,28?,29?,30?,31+,33?,34+/m1/s1. The highest BCUT2D eigenvalue weighted by atomic mass is 32.2. The topological polar surface area (TPSA) is 151 Å². The molecule has 0 saturated carbocycles. The lowest BCUT2D eigenvalue weighted by Gasteiger charge is -2.45. The summed E-state index contributed by atoms with van der Waals surface area (Å²) >= 11 is 1.18. The number of amides is 1. The molecule has 11 nitrogen and oxygen atoms in total. The first-order valence-electron chi connectivity index (χ1n) is 16.9. The number of fused-ring (bicyclic) bond motifs is 3. The number of aliphatic hydroxyl groups is 3. The number of aliphatic hydroxyl groups excluding tert-OH is 3. The number of ether oxygens (including phenoxy) is 2. The fourth-order valence-electron chi connectivity index (χ4n) is 7.86. The van der Waals surface area contributed by atoms with Gasteiger partial charge in [0.1, 0.15) is 47.4 Å². The van der Waals surface area contributed by atoms with Gasteiger partial charge < -0.3 is 35.4 Å². The molecular formula is C34H47F2N5O6S. The van der Waals surface area contributed by atoms with Crippen LogP contribution in [0.25, 0.3) is 5.69 Å². The van der Waals surface area contributed by atoms with Crippen LogP contribution in [0.2, 0.25) is 0 Å². The number of allylic oxidation sites excluding steroid dienone is 1. The molecule has 5 heterocycles. The van der Waals surface area contributed by atoms with E-state index in [0.717, 1.165) is 31.4 Å². The molecule has 4 aliphatic heterocycles. The summed E-state index contributed by atoms with van der Waals surface area (Å²) in [5, 5.41) is 47.5. The molecule has 264 valence electrons. The quantitative estimate of drug-likeness (QED) is 0.286. The molecule has 1 aromatic carbocycles. The van der Waals surface area contributed by atoms with Crippen LogP contribution < -0.4 is 10.6 Å². The SMILES string of the molecule is CC(C)C[C@@H]1CCO[C@H]2[C@@H](C(=O)N[C@H]3C4OC(S[C@H](c5cn(-c6ccc(F)cc6F)nn5)C/C=C\[C@H]3C)C(O)C(O)C4O)NC[C@]2(C)C1. The molecule has 6 rings (SSSR count). The molecule has 2 bridgehead atoms. The monoisotopic (exact) mass is 691 g/mol. The number of aromatic nitrogens is 3. The van der Waals surface area contributed by atoms with Gasteiger partial charge in [0.25, 0.3) is 0 Å². The second kappa shape index (κ2) is 14.4. The van der Waals surface area contributed by atoms with Gasteiger partial charge in [0.05, 0.1) is 29.3 Å². The zero-order valence-corrected chi connectivity index (χ0v) is 28.5. The Balaban J connectivity index is 1.22. The molecule has 0 spiro atoms. The summed E-state index contributed by atoms with van der Waals surface area (Å²) in [6, 6.07) is 1.83. The minimum Gasteiger partial charge on any atom is -0.388 e. The maximum Gasteiger partial charge on any atom is 0.240 e. The molecule has 48 heavy (non-hydrogen) atoms. The first-order chi connectivity index (χ1) is 22.8. The third-order valence-electron chi connectivity index (χ3n) is 10.3. The molecule has 1 aromatic heterocycles. The number of rotatable bonds is 6. The molecular weight excluding hydrogens is 644 g/mol. The van der Waals surface area contributed by atoms with Crippen LogP contribution in [0.5, 0.6) is 0 Å². The predicted molar refractivity (Wildman–Crippen MR) is 175 cm³/mol. The van der Waals surface area contributed by atoms with Gasteiger partial charge in [0.15, 0.2) is 5.82 Å². The lowest BCUT2D eigenvalue weighted by atomic mass is 9.75. The number of thioether (sulfide) groups is 1. The Bertz CT molecular complexity index is 1480. The molecule has 2 aromatic rings. The van der Waals surface area contributed by atoms with E-state index >= 15 is 0 Å². The van der Waals surface area contributed by atoms with Crippen molar-refractivity contribution >= 4 is 17.7 Å². The van der Waals surface area contributed by atoms with E-state index in [1.54, 1.807) is 0 Å². The number of hydrogen-bond donors (Lipinski definition) is 5. The van der Waals surface area contributed by atoms with E-state index in [2.05, 4.69) is 41.7 Å². The molecule has 5 unspecified atom stereocenters. The van der Waals surface area contributed by atoms with E-state index in [9.17, 15) is 28.9 Å². The van der Waals surface area contributed by atoms with Gasteiger partial charge in [-0.15, -0.1) is 16.9 Å². The Kier molecular flexibility index (Phi) is 10.6. The molecule has 1 amide bonds. The number of carbonyl (C=O) groups excluding carboxylic acids is 1. The molecule has 0 radical (unpaired) electrons. The van der Waals surface area contributed by atoms with E-state index in [4.69, 9.17) is 9.47 Å². The molecule has 5 N–H and O–H groups in total. The third-order valence-corrected chi connectivity index (χ3v) is 11.7. The van der Waals surface area contributed by atoms with Crippen molar-refractivity contribution in [3.05, 3.63) is 53.9 Å². The third kappa shape index (κ3) is 7.21. The summed E-state index contributed by atoms with van der Waals surface area (Å²) < 4.78 is 41.8. The fourth-order valence-corrected chi connectivity index (χ4v) is 9.17. The van der Waals surface area contributed by atoms with Crippen molar-refractivity contribution in [2.75, 3.05) is 13.2 Å². The molecule has 3 saturated heterocycles. The zero-order valence-electron chi connectivity index (χ0n) is 27.7. The van der Waals surface area contributed by atoms with E-state index in [-0.39, 0.29) is 29.0 Å². The van der Waals surface area contributed by atoms with Gasteiger partial charge in [-0.25, -0.2) is 13.5 Å². The van der Waals surface area contributed by atoms with Gasteiger partial charge in [-0.2, -0.15) is 0 Å². The van der Waals surface area contributed by atoms with Gasteiger partial charge >= 0.3 is 0 Å². The molecule has 0 aliphatic carbocycles. The Morgan fingerprint density at radius 1 is 1.23 bits per heavy atom. The molecule has 12 atom stereocenters. The summed E-state index contributed by atoms with van der Waals surface area (Å²) in [6.07, 6.45) is 3.00. The lowest BCUT2D eigenvalue weighted by Crippen LogP contribution is -2.65. The predicted octanol–water partition coefficient (Wildman–Crippen LogP) is 3.03. The van der Waals surface area contributed by atoms with Crippen LogP contribution in [0, 0.1) is 34.8 Å². The van der Waals surface area contributed by atoms with Gasteiger partial charge in [-0.3, -0.25) is 4.79 Å². The minimum absolute atomic E-state index is 0.0250. The maximum absolute atomic E-state index is 14.5. The largest absolute Gasteiger partial charge is 0.388 e. The number of nitrogens with one attached hydrogen (secondary N) is 2. The van der Waals surface area contributed by atoms with Gasteiger partial charge in [0, 0.05) is 24.6 Å². The van der Waals surface area contributed by atoms with E-state index in [1.165, 1.54) is 28.7 Å². The molecule has 3 fully saturated rings. The second-order valence-electron chi connectivity index (χ2n) is 14.6. The summed E-state index contributed by atoms with van der Waals surface area (Å²) in [4.78, 5) is 14.0. The van der Waals surface area contributed by atoms with Crippen molar-refractivity contribution in [1.29, 1.82) is 0 Å². The summed E-state index contributed by atoms with van der Waals surface area (Å²) in [6.45, 7) is 9.78. The number of carbonyl (C=O) groups is 1.